The number of carbonyl (C=O) groups excluding carboxylic acids is 1. The molecule has 3 aliphatic rings. The normalized spacial score (nSPS) is 19.8. The average Bonchev–Trinajstić information content (AvgIpc) is 3.63. The Morgan fingerprint density at radius 2 is 1.92 bits per heavy atom. The molecule has 7 rings (SSSR count). The minimum atomic E-state index is -0.0193. The van der Waals surface area contributed by atoms with E-state index >= 15 is 0 Å². The molecule has 2 aromatic carbocycles. The first-order valence-corrected chi connectivity index (χ1v) is 13.9. The fraction of sp³-hybridized carbons (Fsp3) is 0.379. The molecule has 1 amide bonds. The third-order valence-electron chi connectivity index (χ3n) is 8.26. The second-order valence-corrected chi connectivity index (χ2v) is 11.6. The van der Waals surface area contributed by atoms with Gasteiger partial charge in [-0.3, -0.25) is 9.89 Å². The van der Waals surface area contributed by atoms with Gasteiger partial charge < -0.3 is 15.0 Å². The number of anilines is 1. The number of rotatable bonds is 6. The van der Waals surface area contributed by atoms with Crippen molar-refractivity contribution in [2.75, 3.05) is 31.2 Å². The highest BCUT2D eigenvalue weighted by Gasteiger charge is 2.49. The summed E-state index contributed by atoms with van der Waals surface area (Å²) in [5, 5.41) is 16.3. The fourth-order valence-corrected chi connectivity index (χ4v) is 6.86. The van der Waals surface area contributed by atoms with Crippen molar-refractivity contribution in [2.24, 2.45) is 11.3 Å². The summed E-state index contributed by atoms with van der Waals surface area (Å²) < 4.78 is 5.40. The maximum atomic E-state index is 13.4. The molecule has 1 aliphatic carbocycles. The number of amides is 1. The van der Waals surface area contributed by atoms with E-state index in [1.165, 1.54) is 36.9 Å². The van der Waals surface area contributed by atoms with E-state index in [2.05, 4.69) is 61.5 Å². The number of aromatic nitrogens is 2. The topological polar surface area (TPSA) is 70.2 Å². The SMILES string of the molecule is O=C(N[C@@H](c1ccsc1)C1CCCC1)c1ccc2[nH]nc(-c3ccc(N4CC5(COC5)C4)cc3)c2c1. The molecule has 3 fully saturated rings. The van der Waals surface area contributed by atoms with Crippen LogP contribution < -0.4 is 10.2 Å². The van der Waals surface area contributed by atoms with Crippen LogP contribution in [0.3, 0.4) is 0 Å². The molecule has 184 valence electrons. The van der Waals surface area contributed by atoms with Crippen LogP contribution in [0.4, 0.5) is 5.69 Å². The van der Waals surface area contributed by atoms with E-state index in [0.717, 1.165) is 48.5 Å². The molecular formula is C29H30N4O2S. The minimum absolute atomic E-state index is 0.0193. The molecule has 4 aromatic rings. The molecule has 36 heavy (non-hydrogen) atoms. The van der Waals surface area contributed by atoms with E-state index in [1.807, 2.05) is 18.2 Å². The number of thiophene rings is 1. The quantitative estimate of drug-likeness (QED) is 0.353. The van der Waals surface area contributed by atoms with Crippen LogP contribution >= 0.6 is 11.3 Å². The molecule has 4 heterocycles. The zero-order valence-corrected chi connectivity index (χ0v) is 21.0. The van der Waals surface area contributed by atoms with Crippen LogP contribution in [0.2, 0.25) is 0 Å². The molecule has 2 aliphatic heterocycles. The van der Waals surface area contributed by atoms with Crippen molar-refractivity contribution in [1.29, 1.82) is 0 Å². The summed E-state index contributed by atoms with van der Waals surface area (Å²) in [6.07, 6.45) is 4.84. The first-order valence-electron chi connectivity index (χ1n) is 12.9. The van der Waals surface area contributed by atoms with Crippen molar-refractivity contribution in [2.45, 2.75) is 31.7 Å². The summed E-state index contributed by atoms with van der Waals surface area (Å²) in [7, 11) is 0. The smallest absolute Gasteiger partial charge is 0.251 e. The lowest BCUT2D eigenvalue weighted by Gasteiger charge is -2.56. The third kappa shape index (κ3) is 3.82. The van der Waals surface area contributed by atoms with Crippen molar-refractivity contribution < 1.29 is 9.53 Å². The summed E-state index contributed by atoms with van der Waals surface area (Å²) in [6, 6.07) is 16.7. The lowest BCUT2D eigenvalue weighted by Crippen LogP contribution is -2.66. The standard InChI is InChI=1S/C29H30N4O2S/c34-28(30-26(19-3-1-2-4-19)22-11-12-36-14-22)21-7-10-25-24(13-21)27(32-31-25)20-5-8-23(9-6-20)33-15-29(16-33)17-35-18-29/h5-14,19,26H,1-4,15-18H2,(H,30,34)(H,31,32)/t26-/m1/s1. The number of H-pyrrole nitrogens is 1. The Balaban J connectivity index is 1.12. The summed E-state index contributed by atoms with van der Waals surface area (Å²) >= 11 is 1.69. The predicted octanol–water partition coefficient (Wildman–Crippen LogP) is 5.79. The van der Waals surface area contributed by atoms with Crippen LogP contribution in [0, 0.1) is 11.3 Å². The number of carbonyl (C=O) groups is 1. The number of hydrogen-bond acceptors (Lipinski definition) is 5. The van der Waals surface area contributed by atoms with Gasteiger partial charge in [-0.05, 0) is 71.5 Å². The lowest BCUT2D eigenvalue weighted by atomic mass is 9.78. The number of aromatic amines is 1. The van der Waals surface area contributed by atoms with Gasteiger partial charge in [0.15, 0.2) is 0 Å². The number of fused-ring (bicyclic) bond motifs is 1. The van der Waals surface area contributed by atoms with Gasteiger partial charge in [-0.2, -0.15) is 16.4 Å². The van der Waals surface area contributed by atoms with Crippen LogP contribution in [-0.4, -0.2) is 42.4 Å². The molecule has 2 aromatic heterocycles. The summed E-state index contributed by atoms with van der Waals surface area (Å²) in [6.45, 7) is 3.93. The Morgan fingerprint density at radius 1 is 1.11 bits per heavy atom. The minimum Gasteiger partial charge on any atom is -0.380 e. The largest absolute Gasteiger partial charge is 0.380 e. The monoisotopic (exact) mass is 498 g/mol. The van der Waals surface area contributed by atoms with Crippen molar-refractivity contribution in [3.05, 3.63) is 70.4 Å². The van der Waals surface area contributed by atoms with Gasteiger partial charge in [0, 0.05) is 35.3 Å². The summed E-state index contributed by atoms with van der Waals surface area (Å²) in [5.41, 5.74) is 6.40. The van der Waals surface area contributed by atoms with E-state index in [9.17, 15) is 4.79 Å². The number of nitrogens with zero attached hydrogens (tertiary/aromatic N) is 2. The average molecular weight is 499 g/mol. The van der Waals surface area contributed by atoms with Gasteiger partial charge in [0.05, 0.1) is 35.9 Å². The molecular weight excluding hydrogens is 468 g/mol. The molecule has 1 spiro atoms. The zero-order valence-electron chi connectivity index (χ0n) is 20.2. The molecule has 0 bridgehead atoms. The number of nitrogens with one attached hydrogen (secondary N) is 2. The zero-order chi connectivity index (χ0) is 24.1. The molecule has 2 N–H and O–H groups in total. The van der Waals surface area contributed by atoms with Gasteiger partial charge in [0.1, 0.15) is 0 Å². The molecule has 7 heteroatoms. The Kier molecular flexibility index (Phi) is 5.36. The number of benzene rings is 2. The van der Waals surface area contributed by atoms with E-state index in [-0.39, 0.29) is 11.9 Å². The van der Waals surface area contributed by atoms with Crippen molar-refractivity contribution in [1.82, 2.24) is 15.5 Å². The van der Waals surface area contributed by atoms with E-state index in [4.69, 9.17) is 4.74 Å². The maximum absolute atomic E-state index is 13.4. The number of ether oxygens (including phenoxy) is 1. The molecule has 1 saturated carbocycles. The summed E-state index contributed by atoms with van der Waals surface area (Å²) in [5.74, 6) is 0.488. The first-order chi connectivity index (χ1) is 17.7. The molecule has 6 nitrogen and oxygen atoms in total. The Hall–Kier alpha value is -3.16. The first kappa shape index (κ1) is 22.1. The Morgan fingerprint density at radius 3 is 2.61 bits per heavy atom. The summed E-state index contributed by atoms with van der Waals surface area (Å²) in [4.78, 5) is 15.8. The second-order valence-electron chi connectivity index (χ2n) is 10.8. The van der Waals surface area contributed by atoms with Gasteiger partial charge in [0.25, 0.3) is 5.91 Å². The fourth-order valence-electron chi connectivity index (χ4n) is 6.17. The van der Waals surface area contributed by atoms with Crippen LogP contribution in [0.1, 0.15) is 47.6 Å². The van der Waals surface area contributed by atoms with Crippen LogP contribution in [0.15, 0.2) is 59.3 Å². The van der Waals surface area contributed by atoms with E-state index in [0.29, 0.717) is 16.9 Å². The Labute approximate surface area is 214 Å². The Bertz CT molecular complexity index is 1380. The maximum Gasteiger partial charge on any atom is 0.251 e. The van der Waals surface area contributed by atoms with Crippen LogP contribution in [0.5, 0.6) is 0 Å². The lowest BCUT2D eigenvalue weighted by molar-refractivity contribution is -0.127. The van der Waals surface area contributed by atoms with Crippen LogP contribution in [0.25, 0.3) is 22.2 Å². The van der Waals surface area contributed by atoms with Gasteiger partial charge in [0.2, 0.25) is 0 Å². The van der Waals surface area contributed by atoms with E-state index in [1.54, 1.807) is 11.3 Å². The van der Waals surface area contributed by atoms with Crippen molar-refractivity contribution in [3.63, 3.8) is 0 Å². The van der Waals surface area contributed by atoms with Crippen molar-refractivity contribution in [3.8, 4) is 11.3 Å². The van der Waals surface area contributed by atoms with E-state index < -0.39 is 0 Å². The second kappa shape index (κ2) is 8.75. The molecule has 0 radical (unpaired) electrons. The highest BCUT2D eigenvalue weighted by atomic mass is 32.1. The van der Waals surface area contributed by atoms with Gasteiger partial charge in [-0.15, -0.1) is 0 Å². The molecule has 1 atom stereocenters. The predicted molar refractivity (Wildman–Crippen MR) is 143 cm³/mol. The molecule has 2 saturated heterocycles. The molecule has 0 unspecified atom stereocenters. The number of hydrogen-bond donors (Lipinski definition) is 2. The van der Waals surface area contributed by atoms with Gasteiger partial charge >= 0.3 is 0 Å². The highest BCUT2D eigenvalue weighted by molar-refractivity contribution is 7.08. The van der Waals surface area contributed by atoms with Gasteiger partial charge in [-0.1, -0.05) is 25.0 Å². The van der Waals surface area contributed by atoms with Gasteiger partial charge in [-0.25, -0.2) is 0 Å². The van der Waals surface area contributed by atoms with Crippen molar-refractivity contribution >= 4 is 33.8 Å². The van der Waals surface area contributed by atoms with Crippen LogP contribution in [-0.2, 0) is 4.74 Å². The third-order valence-corrected chi connectivity index (χ3v) is 8.96. The highest BCUT2D eigenvalue weighted by Crippen LogP contribution is 2.41.